The maximum Gasteiger partial charge on any atom is 0.241 e. The van der Waals surface area contributed by atoms with Crippen molar-refractivity contribution in [1.82, 2.24) is 20.5 Å². The molecule has 8 nitrogen and oxygen atoms in total. The van der Waals surface area contributed by atoms with Gasteiger partial charge >= 0.3 is 0 Å². The third-order valence-corrected chi connectivity index (χ3v) is 5.34. The Morgan fingerprint density at radius 2 is 2.19 bits per heavy atom. The van der Waals surface area contributed by atoms with E-state index in [1.165, 1.54) is 0 Å². The van der Waals surface area contributed by atoms with Crippen molar-refractivity contribution < 1.29 is 14.3 Å². The standard InChI is InChI=1S/C24H33N5O3/c1-18-7-8-19(22(14-18)32-21-10-13-31-17-21)15-27-24(25-2)28-16-23(30)29(3)12-9-20-6-4-5-11-26-20/h4-8,11,14,21H,9-10,12-13,15-17H2,1-3H3,(H2,25,27,28). The van der Waals surface area contributed by atoms with Crippen LogP contribution in [0.1, 0.15) is 23.2 Å². The number of ether oxygens (including phenoxy) is 2. The van der Waals surface area contributed by atoms with E-state index in [1.54, 1.807) is 25.2 Å². The number of aliphatic imine (C=N–C) groups is 1. The highest BCUT2D eigenvalue weighted by atomic mass is 16.5. The molecule has 172 valence electrons. The zero-order valence-electron chi connectivity index (χ0n) is 19.1. The molecular formula is C24H33N5O3. The molecule has 1 aliphatic heterocycles. The zero-order valence-corrected chi connectivity index (χ0v) is 19.1. The van der Waals surface area contributed by atoms with E-state index >= 15 is 0 Å². The van der Waals surface area contributed by atoms with Crippen LogP contribution in [-0.2, 0) is 22.5 Å². The fourth-order valence-electron chi connectivity index (χ4n) is 3.35. The van der Waals surface area contributed by atoms with E-state index < -0.39 is 0 Å². The number of carbonyl (C=O) groups is 1. The van der Waals surface area contributed by atoms with Crippen molar-refractivity contribution in [2.24, 2.45) is 4.99 Å². The molecular weight excluding hydrogens is 406 g/mol. The Labute approximate surface area is 190 Å². The van der Waals surface area contributed by atoms with Crippen molar-refractivity contribution in [3.8, 4) is 5.75 Å². The molecule has 1 aromatic heterocycles. The van der Waals surface area contributed by atoms with Crippen LogP contribution in [-0.4, -0.2) is 68.3 Å². The number of aryl methyl sites for hydroxylation is 1. The first-order valence-electron chi connectivity index (χ1n) is 11.0. The van der Waals surface area contributed by atoms with E-state index in [1.807, 2.05) is 31.2 Å². The SMILES string of the molecule is CN=C(NCC(=O)N(C)CCc1ccccn1)NCc1ccc(C)cc1OC1CCOC1. The number of amides is 1. The van der Waals surface area contributed by atoms with Crippen LogP contribution in [0.2, 0.25) is 0 Å². The number of nitrogens with zero attached hydrogens (tertiary/aromatic N) is 3. The van der Waals surface area contributed by atoms with Gasteiger partial charge in [-0.3, -0.25) is 14.8 Å². The summed E-state index contributed by atoms with van der Waals surface area (Å²) in [7, 11) is 3.48. The van der Waals surface area contributed by atoms with E-state index in [4.69, 9.17) is 9.47 Å². The number of benzene rings is 1. The monoisotopic (exact) mass is 439 g/mol. The van der Waals surface area contributed by atoms with Crippen LogP contribution in [0.15, 0.2) is 47.6 Å². The summed E-state index contributed by atoms with van der Waals surface area (Å²) in [6.07, 6.45) is 3.48. The molecule has 2 N–H and O–H groups in total. The first kappa shape index (κ1) is 23.5. The maximum absolute atomic E-state index is 12.5. The Balaban J connectivity index is 1.47. The number of nitrogens with one attached hydrogen (secondary N) is 2. The Hall–Kier alpha value is -3.13. The highest BCUT2D eigenvalue weighted by Crippen LogP contribution is 2.23. The molecule has 0 saturated carbocycles. The minimum atomic E-state index is -0.00975. The fourth-order valence-corrected chi connectivity index (χ4v) is 3.35. The molecule has 3 rings (SSSR count). The summed E-state index contributed by atoms with van der Waals surface area (Å²) in [5.74, 6) is 1.41. The van der Waals surface area contributed by atoms with Crippen molar-refractivity contribution >= 4 is 11.9 Å². The molecule has 0 radical (unpaired) electrons. The number of aromatic nitrogens is 1. The lowest BCUT2D eigenvalue weighted by Gasteiger charge is -2.19. The predicted octanol–water partition coefficient (Wildman–Crippen LogP) is 1.92. The molecule has 2 aromatic rings. The second-order valence-corrected chi connectivity index (χ2v) is 7.88. The average Bonchev–Trinajstić information content (AvgIpc) is 3.32. The van der Waals surface area contributed by atoms with Crippen molar-refractivity contribution in [2.45, 2.75) is 32.4 Å². The Morgan fingerprint density at radius 3 is 2.91 bits per heavy atom. The third-order valence-electron chi connectivity index (χ3n) is 5.34. The minimum absolute atomic E-state index is 0.00975. The highest BCUT2D eigenvalue weighted by molar-refractivity contribution is 5.86. The Morgan fingerprint density at radius 1 is 1.31 bits per heavy atom. The van der Waals surface area contributed by atoms with Crippen LogP contribution in [0.25, 0.3) is 0 Å². The number of rotatable bonds is 9. The van der Waals surface area contributed by atoms with E-state index in [0.29, 0.717) is 25.7 Å². The summed E-state index contributed by atoms with van der Waals surface area (Å²) < 4.78 is 11.6. The fraction of sp³-hybridized carbons (Fsp3) is 0.458. The molecule has 1 fully saturated rings. The summed E-state index contributed by atoms with van der Waals surface area (Å²) in [4.78, 5) is 22.7. The molecule has 32 heavy (non-hydrogen) atoms. The molecule has 0 bridgehead atoms. The Kier molecular flexibility index (Phi) is 8.86. The molecule has 1 aliphatic rings. The number of carbonyl (C=O) groups excluding carboxylic acids is 1. The van der Waals surface area contributed by atoms with Crippen molar-refractivity contribution in [1.29, 1.82) is 0 Å². The molecule has 2 heterocycles. The molecule has 0 spiro atoms. The topological polar surface area (TPSA) is 88.1 Å². The minimum Gasteiger partial charge on any atom is -0.488 e. The van der Waals surface area contributed by atoms with Gasteiger partial charge < -0.3 is 25.0 Å². The van der Waals surface area contributed by atoms with Gasteiger partial charge in [0.2, 0.25) is 5.91 Å². The van der Waals surface area contributed by atoms with Crippen LogP contribution in [0, 0.1) is 6.92 Å². The Bertz CT molecular complexity index is 898. The summed E-state index contributed by atoms with van der Waals surface area (Å²) in [6.45, 7) is 4.72. The number of hydrogen-bond acceptors (Lipinski definition) is 5. The average molecular weight is 440 g/mol. The lowest BCUT2D eigenvalue weighted by atomic mass is 10.1. The molecule has 1 atom stereocenters. The van der Waals surface area contributed by atoms with Crippen molar-refractivity contribution in [3.63, 3.8) is 0 Å². The van der Waals surface area contributed by atoms with E-state index in [2.05, 4.69) is 32.7 Å². The van der Waals surface area contributed by atoms with Crippen LogP contribution >= 0.6 is 0 Å². The molecule has 1 unspecified atom stereocenters. The number of likely N-dealkylation sites (N-methyl/N-ethyl adjacent to an activating group) is 1. The van der Waals surface area contributed by atoms with E-state index in [9.17, 15) is 4.79 Å². The van der Waals surface area contributed by atoms with Gasteiger partial charge in [0, 0.05) is 57.5 Å². The second-order valence-electron chi connectivity index (χ2n) is 7.88. The van der Waals surface area contributed by atoms with Gasteiger partial charge in [0.05, 0.1) is 19.8 Å². The normalized spacial score (nSPS) is 16.0. The third kappa shape index (κ3) is 7.23. The van der Waals surface area contributed by atoms with Gasteiger partial charge in [-0.1, -0.05) is 18.2 Å². The van der Waals surface area contributed by atoms with E-state index in [-0.39, 0.29) is 18.6 Å². The number of pyridine rings is 1. The number of hydrogen-bond donors (Lipinski definition) is 2. The summed E-state index contributed by atoms with van der Waals surface area (Å²) >= 11 is 0. The van der Waals surface area contributed by atoms with Gasteiger partial charge in [0.1, 0.15) is 11.9 Å². The van der Waals surface area contributed by atoms with E-state index in [0.717, 1.165) is 42.0 Å². The van der Waals surface area contributed by atoms with Crippen molar-refractivity contribution in [3.05, 3.63) is 59.4 Å². The summed E-state index contributed by atoms with van der Waals surface area (Å²) in [5.41, 5.74) is 3.15. The first-order chi connectivity index (χ1) is 15.5. The number of guanidine groups is 1. The smallest absolute Gasteiger partial charge is 0.241 e. The largest absolute Gasteiger partial charge is 0.488 e. The van der Waals surface area contributed by atoms with Gasteiger partial charge in [-0.15, -0.1) is 0 Å². The van der Waals surface area contributed by atoms with Crippen LogP contribution in [0.3, 0.4) is 0 Å². The van der Waals surface area contributed by atoms with Gasteiger partial charge in [0.25, 0.3) is 0 Å². The lowest BCUT2D eigenvalue weighted by molar-refractivity contribution is -0.128. The molecule has 1 amide bonds. The predicted molar refractivity (Wildman–Crippen MR) is 125 cm³/mol. The molecule has 8 heteroatoms. The van der Waals surface area contributed by atoms with Gasteiger partial charge in [0.15, 0.2) is 5.96 Å². The highest BCUT2D eigenvalue weighted by Gasteiger charge is 2.19. The molecule has 0 aliphatic carbocycles. The second kappa shape index (κ2) is 12.0. The van der Waals surface area contributed by atoms with Crippen LogP contribution < -0.4 is 15.4 Å². The maximum atomic E-state index is 12.5. The van der Waals surface area contributed by atoms with Gasteiger partial charge in [-0.25, -0.2) is 0 Å². The van der Waals surface area contributed by atoms with Crippen LogP contribution in [0.5, 0.6) is 5.75 Å². The van der Waals surface area contributed by atoms with Crippen molar-refractivity contribution in [2.75, 3.05) is 40.4 Å². The first-order valence-corrected chi connectivity index (χ1v) is 11.0. The summed E-state index contributed by atoms with van der Waals surface area (Å²) in [6, 6.07) is 12.0. The van der Waals surface area contributed by atoms with Gasteiger partial charge in [-0.2, -0.15) is 0 Å². The lowest BCUT2D eigenvalue weighted by Crippen LogP contribution is -2.43. The molecule has 1 aromatic carbocycles. The summed E-state index contributed by atoms with van der Waals surface area (Å²) in [5, 5.41) is 6.36. The quantitative estimate of drug-likeness (QED) is 0.459. The molecule has 1 saturated heterocycles. The van der Waals surface area contributed by atoms with Gasteiger partial charge in [-0.05, 0) is 30.7 Å². The van der Waals surface area contributed by atoms with Crippen LogP contribution in [0.4, 0.5) is 0 Å². The zero-order chi connectivity index (χ0) is 22.8.